The van der Waals surface area contributed by atoms with Crippen molar-refractivity contribution in [3.05, 3.63) is 0 Å². The minimum absolute atomic E-state index is 0.196. The Morgan fingerprint density at radius 3 is 2.77 bits per heavy atom. The number of carbonyl (C=O) groups is 2. The normalized spacial score (nSPS) is 34.4. The molecule has 0 bridgehead atoms. The van der Waals surface area contributed by atoms with Gasteiger partial charge in [-0.1, -0.05) is 6.92 Å². The predicted octanol–water partition coefficient (Wildman–Crippen LogP) is 0.246. The first-order valence-electron chi connectivity index (χ1n) is 4.41. The van der Waals surface area contributed by atoms with Crippen molar-refractivity contribution >= 4 is 11.8 Å². The molecule has 74 valence electrons. The van der Waals surface area contributed by atoms with E-state index in [1.165, 1.54) is 7.11 Å². The Hall–Kier alpha value is -0.900. The lowest BCUT2D eigenvalue weighted by Gasteiger charge is -2.31. The van der Waals surface area contributed by atoms with Crippen LogP contribution in [-0.2, 0) is 14.3 Å². The van der Waals surface area contributed by atoms with Gasteiger partial charge in [0.1, 0.15) is 0 Å². The van der Waals surface area contributed by atoms with E-state index in [4.69, 9.17) is 5.73 Å². The number of ketones is 1. The molecular weight excluding hydrogens is 170 g/mol. The Balaban J connectivity index is 2.79. The van der Waals surface area contributed by atoms with Crippen molar-refractivity contribution in [3.8, 4) is 0 Å². The van der Waals surface area contributed by atoms with Crippen LogP contribution in [-0.4, -0.2) is 24.4 Å². The van der Waals surface area contributed by atoms with Crippen LogP contribution in [0.4, 0.5) is 0 Å². The minimum atomic E-state index is -1.37. The van der Waals surface area contributed by atoms with Crippen LogP contribution in [0.5, 0.6) is 0 Å². The van der Waals surface area contributed by atoms with Crippen molar-refractivity contribution in [1.29, 1.82) is 0 Å². The van der Waals surface area contributed by atoms with Crippen molar-refractivity contribution in [1.82, 2.24) is 0 Å². The zero-order chi connectivity index (χ0) is 10.1. The summed E-state index contributed by atoms with van der Waals surface area (Å²) in [4.78, 5) is 22.7. The lowest BCUT2D eigenvalue weighted by atomic mass is 9.77. The van der Waals surface area contributed by atoms with Gasteiger partial charge in [-0.05, 0) is 18.8 Å². The van der Waals surface area contributed by atoms with E-state index < -0.39 is 11.5 Å². The molecule has 0 heterocycles. The van der Waals surface area contributed by atoms with E-state index in [0.717, 1.165) is 6.42 Å². The summed E-state index contributed by atoms with van der Waals surface area (Å²) in [5, 5.41) is 0. The van der Waals surface area contributed by atoms with E-state index in [2.05, 4.69) is 4.74 Å². The SMILES string of the molecule is COC(=O)[C@]1(N)CC[C@@H](C)CC1=O. The Labute approximate surface area is 77.4 Å². The molecule has 0 aromatic heterocycles. The van der Waals surface area contributed by atoms with Crippen LogP contribution < -0.4 is 5.73 Å². The summed E-state index contributed by atoms with van der Waals surface area (Å²) in [5.74, 6) is -0.476. The summed E-state index contributed by atoms with van der Waals surface area (Å²) < 4.78 is 4.51. The molecule has 0 aromatic carbocycles. The lowest BCUT2D eigenvalue weighted by Crippen LogP contribution is -2.57. The van der Waals surface area contributed by atoms with Crippen LogP contribution in [0.25, 0.3) is 0 Å². The topological polar surface area (TPSA) is 69.4 Å². The lowest BCUT2D eigenvalue weighted by molar-refractivity contribution is -0.153. The molecule has 4 heteroatoms. The second-order valence-corrected chi connectivity index (χ2v) is 3.73. The predicted molar refractivity (Wildman–Crippen MR) is 47.0 cm³/mol. The third-order valence-electron chi connectivity index (χ3n) is 2.61. The molecule has 1 saturated carbocycles. The van der Waals surface area contributed by atoms with Gasteiger partial charge in [0.15, 0.2) is 11.3 Å². The van der Waals surface area contributed by atoms with Crippen molar-refractivity contribution in [2.45, 2.75) is 31.7 Å². The summed E-state index contributed by atoms with van der Waals surface area (Å²) in [5.41, 5.74) is 4.32. The molecule has 4 nitrogen and oxygen atoms in total. The van der Waals surface area contributed by atoms with Gasteiger partial charge in [0.25, 0.3) is 0 Å². The van der Waals surface area contributed by atoms with Gasteiger partial charge in [0.2, 0.25) is 0 Å². The van der Waals surface area contributed by atoms with Crippen LogP contribution in [0.15, 0.2) is 0 Å². The maximum atomic E-state index is 11.5. The van der Waals surface area contributed by atoms with Gasteiger partial charge in [-0.2, -0.15) is 0 Å². The van der Waals surface area contributed by atoms with Gasteiger partial charge < -0.3 is 10.5 Å². The molecular formula is C9H15NO3. The van der Waals surface area contributed by atoms with E-state index in [1.54, 1.807) is 0 Å². The van der Waals surface area contributed by atoms with E-state index in [0.29, 0.717) is 18.8 Å². The Bertz CT molecular complexity index is 239. The van der Waals surface area contributed by atoms with E-state index in [-0.39, 0.29) is 5.78 Å². The molecule has 2 N–H and O–H groups in total. The quantitative estimate of drug-likeness (QED) is 0.469. The molecule has 0 aromatic rings. The number of hydrogen-bond acceptors (Lipinski definition) is 4. The fourth-order valence-electron chi connectivity index (χ4n) is 1.61. The first-order chi connectivity index (χ1) is 6.00. The first-order valence-corrected chi connectivity index (χ1v) is 4.41. The second kappa shape index (κ2) is 3.46. The number of ether oxygens (including phenoxy) is 1. The Kier molecular flexibility index (Phi) is 2.71. The third-order valence-corrected chi connectivity index (χ3v) is 2.61. The van der Waals surface area contributed by atoms with E-state index in [1.807, 2.05) is 6.92 Å². The Morgan fingerprint density at radius 2 is 2.31 bits per heavy atom. The Morgan fingerprint density at radius 1 is 1.69 bits per heavy atom. The highest BCUT2D eigenvalue weighted by atomic mass is 16.5. The fraction of sp³-hybridized carbons (Fsp3) is 0.778. The highest BCUT2D eigenvalue weighted by molar-refractivity contribution is 6.08. The summed E-state index contributed by atoms with van der Waals surface area (Å²) in [7, 11) is 1.25. The number of hydrogen-bond donors (Lipinski definition) is 1. The van der Waals surface area contributed by atoms with Gasteiger partial charge in [-0.3, -0.25) is 4.79 Å². The van der Waals surface area contributed by atoms with Crippen LogP contribution in [0, 0.1) is 5.92 Å². The second-order valence-electron chi connectivity index (χ2n) is 3.73. The fourth-order valence-corrected chi connectivity index (χ4v) is 1.61. The standard InChI is InChI=1S/C9H15NO3/c1-6-3-4-9(10,7(11)5-6)8(12)13-2/h6H,3-5,10H2,1-2H3/t6-,9+/m1/s1. The molecule has 0 radical (unpaired) electrons. The zero-order valence-electron chi connectivity index (χ0n) is 8.00. The first kappa shape index (κ1) is 10.2. The maximum absolute atomic E-state index is 11.5. The summed E-state index contributed by atoms with van der Waals surface area (Å²) in [6, 6.07) is 0. The number of Topliss-reactive ketones (excluding diaryl/α,β-unsaturated/α-hetero) is 1. The average Bonchev–Trinajstić information content (AvgIpc) is 2.11. The third kappa shape index (κ3) is 1.72. The van der Waals surface area contributed by atoms with Crippen molar-refractivity contribution in [3.63, 3.8) is 0 Å². The molecule has 0 spiro atoms. The van der Waals surface area contributed by atoms with Crippen molar-refractivity contribution in [2.75, 3.05) is 7.11 Å². The average molecular weight is 185 g/mol. The molecule has 2 atom stereocenters. The van der Waals surface area contributed by atoms with Crippen LogP contribution in [0.1, 0.15) is 26.2 Å². The molecule has 1 fully saturated rings. The summed E-state index contributed by atoms with van der Waals surface area (Å²) in [6.45, 7) is 1.98. The molecule has 0 saturated heterocycles. The van der Waals surface area contributed by atoms with Crippen LogP contribution in [0.3, 0.4) is 0 Å². The molecule has 0 unspecified atom stereocenters. The van der Waals surface area contributed by atoms with Crippen LogP contribution >= 0.6 is 0 Å². The summed E-state index contributed by atoms with van der Waals surface area (Å²) >= 11 is 0. The molecule has 1 aliphatic rings. The highest BCUT2D eigenvalue weighted by Gasteiger charge is 2.45. The molecule has 0 aliphatic heterocycles. The van der Waals surface area contributed by atoms with Crippen molar-refractivity contribution in [2.24, 2.45) is 11.7 Å². The van der Waals surface area contributed by atoms with Gasteiger partial charge in [-0.15, -0.1) is 0 Å². The van der Waals surface area contributed by atoms with Gasteiger partial charge in [-0.25, -0.2) is 4.79 Å². The monoisotopic (exact) mass is 185 g/mol. The maximum Gasteiger partial charge on any atom is 0.333 e. The molecule has 0 amide bonds. The van der Waals surface area contributed by atoms with Gasteiger partial charge >= 0.3 is 5.97 Å². The van der Waals surface area contributed by atoms with Gasteiger partial charge in [0.05, 0.1) is 7.11 Å². The number of carbonyl (C=O) groups excluding carboxylic acids is 2. The largest absolute Gasteiger partial charge is 0.467 e. The van der Waals surface area contributed by atoms with E-state index in [9.17, 15) is 9.59 Å². The molecule has 1 aliphatic carbocycles. The number of rotatable bonds is 1. The van der Waals surface area contributed by atoms with E-state index >= 15 is 0 Å². The zero-order valence-corrected chi connectivity index (χ0v) is 8.00. The minimum Gasteiger partial charge on any atom is -0.467 e. The smallest absolute Gasteiger partial charge is 0.333 e. The number of nitrogens with two attached hydrogens (primary N) is 1. The van der Waals surface area contributed by atoms with Crippen molar-refractivity contribution < 1.29 is 14.3 Å². The number of methoxy groups -OCH3 is 1. The molecule has 13 heavy (non-hydrogen) atoms. The van der Waals surface area contributed by atoms with Crippen LogP contribution in [0.2, 0.25) is 0 Å². The number of esters is 1. The van der Waals surface area contributed by atoms with Gasteiger partial charge in [0, 0.05) is 6.42 Å². The molecule has 1 rings (SSSR count). The highest BCUT2D eigenvalue weighted by Crippen LogP contribution is 2.27. The summed E-state index contributed by atoms with van der Waals surface area (Å²) in [6.07, 6.45) is 1.59.